The zero-order valence-corrected chi connectivity index (χ0v) is 23.9. The molecule has 0 radical (unpaired) electrons. The molecule has 2 fully saturated rings. The predicted octanol–water partition coefficient (Wildman–Crippen LogP) is 0.257. The second kappa shape index (κ2) is 9.92. The molecule has 0 aliphatic heterocycles. The fraction of sp³-hybridized carbons (Fsp3) is 0.500. The summed E-state index contributed by atoms with van der Waals surface area (Å²) in [6.45, 7) is 2.24. The van der Waals surface area contributed by atoms with E-state index in [2.05, 4.69) is 5.32 Å². The van der Waals surface area contributed by atoms with E-state index in [1.807, 2.05) is 44.1 Å². The number of nitrogens with one attached hydrogen (secondary N) is 1. The van der Waals surface area contributed by atoms with Crippen molar-refractivity contribution in [2.45, 2.75) is 44.4 Å². The van der Waals surface area contributed by atoms with E-state index in [0.717, 1.165) is 12.1 Å². The van der Waals surface area contributed by atoms with Crippen molar-refractivity contribution >= 4 is 34.7 Å². The van der Waals surface area contributed by atoms with E-state index >= 15 is 0 Å². The van der Waals surface area contributed by atoms with Crippen molar-refractivity contribution in [2.24, 2.45) is 29.4 Å². The zero-order chi connectivity index (χ0) is 30.1. The molecule has 0 spiro atoms. The number of carbonyl (C=O) groups excluding carboxylic acids is 5. The average Bonchev–Trinajstić information content (AvgIpc) is 3.30. The van der Waals surface area contributed by atoms with Gasteiger partial charge in [0.1, 0.15) is 5.75 Å². The van der Waals surface area contributed by atoms with Crippen molar-refractivity contribution < 1.29 is 34.2 Å². The number of nitrogens with zero attached hydrogens (tertiary/aromatic N) is 2. The molecule has 0 heterocycles. The van der Waals surface area contributed by atoms with Gasteiger partial charge in [0.25, 0.3) is 0 Å². The summed E-state index contributed by atoms with van der Waals surface area (Å²) in [5.74, 6) is -10.5. The summed E-state index contributed by atoms with van der Waals surface area (Å²) in [6, 6.07) is 0.685. The van der Waals surface area contributed by atoms with Gasteiger partial charge in [-0.25, -0.2) is 0 Å². The van der Waals surface area contributed by atoms with Gasteiger partial charge >= 0.3 is 0 Å². The van der Waals surface area contributed by atoms with Gasteiger partial charge in [-0.2, -0.15) is 0 Å². The number of likely N-dealkylation sites (N-methyl/N-ethyl adjacent to an activating group) is 1. The first-order chi connectivity index (χ1) is 19.2. The predicted molar refractivity (Wildman–Crippen MR) is 149 cm³/mol. The zero-order valence-electron chi connectivity index (χ0n) is 23.9. The minimum Gasteiger partial charge on any atom is -0.507 e. The molecule has 1 aromatic carbocycles. The molecule has 5 rings (SSSR count). The molecule has 4 aliphatic carbocycles. The van der Waals surface area contributed by atoms with E-state index in [1.54, 1.807) is 14.1 Å². The van der Waals surface area contributed by atoms with Gasteiger partial charge in [-0.05, 0) is 63.9 Å². The summed E-state index contributed by atoms with van der Waals surface area (Å²) in [4.78, 5) is 70.3. The number of phenolic OH excluding ortho intramolecular Hbond substituents is 1. The molecule has 4 aliphatic rings. The maximum absolute atomic E-state index is 14.1. The van der Waals surface area contributed by atoms with Crippen LogP contribution in [0.5, 0.6) is 5.75 Å². The molecule has 2 unspecified atom stereocenters. The van der Waals surface area contributed by atoms with Crippen molar-refractivity contribution in [1.82, 2.24) is 10.2 Å². The van der Waals surface area contributed by atoms with Crippen molar-refractivity contribution in [3.05, 3.63) is 46.2 Å². The van der Waals surface area contributed by atoms with Gasteiger partial charge in [0.15, 0.2) is 34.7 Å². The first kappa shape index (κ1) is 28.7. The normalized spacial score (nSPS) is 30.9. The number of aromatic hydroxyl groups is 1. The van der Waals surface area contributed by atoms with E-state index < -0.39 is 64.4 Å². The number of aliphatic hydroxyl groups is 1. The number of fused-ring (bicyclic) bond motifs is 3. The van der Waals surface area contributed by atoms with Crippen LogP contribution in [0.15, 0.2) is 29.5 Å². The summed E-state index contributed by atoms with van der Waals surface area (Å²) < 4.78 is 0. The van der Waals surface area contributed by atoms with Gasteiger partial charge in [-0.1, -0.05) is 11.6 Å². The van der Waals surface area contributed by atoms with Gasteiger partial charge in [-0.3, -0.25) is 28.9 Å². The van der Waals surface area contributed by atoms with Crippen LogP contribution in [0, 0.1) is 23.7 Å². The number of hydrogen-bond donors (Lipinski definition) is 4. The van der Waals surface area contributed by atoms with Crippen molar-refractivity contribution in [2.75, 3.05) is 33.1 Å². The number of amides is 1. The van der Waals surface area contributed by atoms with E-state index in [0.29, 0.717) is 16.8 Å². The first-order valence-electron chi connectivity index (χ1n) is 13.7. The lowest BCUT2D eigenvalue weighted by atomic mass is 9.52. The summed E-state index contributed by atoms with van der Waals surface area (Å²) in [5.41, 5.74) is 6.46. The Morgan fingerprint density at radius 1 is 1.15 bits per heavy atom. The number of carbonyl (C=O) groups is 5. The lowest BCUT2D eigenvalue weighted by Gasteiger charge is -2.52. The number of rotatable bonds is 6. The maximum atomic E-state index is 14.1. The molecule has 5 N–H and O–H groups in total. The highest BCUT2D eigenvalue weighted by Crippen LogP contribution is 2.52. The van der Waals surface area contributed by atoms with E-state index in [4.69, 9.17) is 5.73 Å². The second-order valence-electron chi connectivity index (χ2n) is 12.1. The van der Waals surface area contributed by atoms with Crippen molar-refractivity contribution in [3.63, 3.8) is 0 Å². The molecule has 0 bridgehead atoms. The Kier molecular flexibility index (Phi) is 6.94. The maximum Gasteiger partial charge on any atom is 0.235 e. The number of primary amides is 1. The molecule has 0 saturated heterocycles. The molecular formula is C30H36N4O7. The highest BCUT2D eigenvalue weighted by molar-refractivity contribution is 6.32. The van der Waals surface area contributed by atoms with Gasteiger partial charge in [-0.15, -0.1) is 0 Å². The molecule has 218 valence electrons. The Labute approximate surface area is 238 Å². The standard InChI is InChI=1S/C30H36N4O7/c1-13-6-7-16(8-13)32-12-15-11-19(33(2)3)17-9-14-10-18-23(34(4)5)26(37)22(29(31)40)28(39)30(18,41)27(38)20(14)25(36)21(17)24(15)35/h7-8,11,14,18,20,22-23,32,35,41H,6,9-10,12H2,1-5H3,(H2,31,40)/t14-,18-,20?,22?,23-,30-/m0/s1. The molecular weight excluding hydrogens is 528 g/mol. The van der Waals surface area contributed by atoms with E-state index in [1.165, 1.54) is 10.5 Å². The fourth-order valence-corrected chi connectivity index (χ4v) is 7.21. The number of allylic oxidation sites excluding steroid dienone is 3. The Bertz CT molecular complexity index is 1460. The molecule has 0 aromatic heterocycles. The van der Waals surface area contributed by atoms with Crippen LogP contribution in [0.1, 0.15) is 41.3 Å². The number of anilines is 1. The third-order valence-electron chi connectivity index (χ3n) is 9.13. The molecule has 11 heteroatoms. The molecule has 2 saturated carbocycles. The topological polar surface area (TPSA) is 170 Å². The molecule has 1 aromatic rings. The van der Waals surface area contributed by atoms with Crippen LogP contribution in [0.3, 0.4) is 0 Å². The third kappa shape index (κ3) is 4.21. The van der Waals surface area contributed by atoms with Crippen molar-refractivity contribution in [1.29, 1.82) is 0 Å². The Morgan fingerprint density at radius 2 is 1.83 bits per heavy atom. The third-order valence-corrected chi connectivity index (χ3v) is 9.13. The highest BCUT2D eigenvalue weighted by atomic mass is 16.3. The molecule has 6 atom stereocenters. The van der Waals surface area contributed by atoms with Crippen LogP contribution in [0.25, 0.3) is 0 Å². The summed E-state index contributed by atoms with van der Waals surface area (Å²) in [5, 5.41) is 26.4. The van der Waals surface area contributed by atoms with E-state index in [-0.39, 0.29) is 30.7 Å². The molecule has 11 nitrogen and oxygen atoms in total. The minimum atomic E-state index is -2.74. The second-order valence-corrected chi connectivity index (χ2v) is 12.1. The number of benzene rings is 1. The van der Waals surface area contributed by atoms with Crippen LogP contribution in [-0.4, -0.2) is 84.0 Å². The van der Waals surface area contributed by atoms with Crippen LogP contribution in [0.2, 0.25) is 0 Å². The SMILES string of the molecule is CC1=CC(NCc2cc(N(C)C)c3c(c2O)C(=O)C2C(=O)[C@]4(O)C(=O)C(C(N)=O)C(=O)[C@@H](N(C)C)[C@@H]4C[C@@H]2C3)=CC1. The van der Waals surface area contributed by atoms with Crippen molar-refractivity contribution in [3.8, 4) is 5.75 Å². The summed E-state index contributed by atoms with van der Waals surface area (Å²) >= 11 is 0. The van der Waals surface area contributed by atoms with Crippen LogP contribution in [0.4, 0.5) is 5.69 Å². The Hall–Kier alpha value is -3.83. The van der Waals surface area contributed by atoms with Crippen LogP contribution in [-0.2, 0) is 32.1 Å². The highest BCUT2D eigenvalue weighted by Gasteiger charge is 2.69. The number of ketones is 4. The van der Waals surface area contributed by atoms with Crippen LogP contribution >= 0.6 is 0 Å². The molecule has 41 heavy (non-hydrogen) atoms. The number of hydrogen-bond acceptors (Lipinski definition) is 10. The quantitative estimate of drug-likeness (QED) is 0.351. The minimum absolute atomic E-state index is 0.00767. The fourth-order valence-electron chi connectivity index (χ4n) is 7.21. The van der Waals surface area contributed by atoms with Gasteiger partial charge < -0.3 is 26.2 Å². The average molecular weight is 565 g/mol. The first-order valence-corrected chi connectivity index (χ1v) is 13.7. The summed E-state index contributed by atoms with van der Waals surface area (Å²) in [7, 11) is 6.76. The van der Waals surface area contributed by atoms with E-state index in [9.17, 15) is 34.2 Å². The van der Waals surface area contributed by atoms with Gasteiger partial charge in [0, 0.05) is 43.5 Å². The lowest BCUT2D eigenvalue weighted by molar-refractivity contribution is -0.181. The Balaban J connectivity index is 1.59. The number of nitrogens with two attached hydrogens (primary N) is 1. The van der Waals surface area contributed by atoms with Gasteiger partial charge in [0.2, 0.25) is 5.91 Å². The number of phenols is 1. The smallest absolute Gasteiger partial charge is 0.235 e. The monoisotopic (exact) mass is 564 g/mol. The molecule has 1 amide bonds. The largest absolute Gasteiger partial charge is 0.507 e. The Morgan fingerprint density at radius 3 is 2.39 bits per heavy atom. The summed E-state index contributed by atoms with van der Waals surface area (Å²) in [6.07, 6.45) is 5.08. The lowest BCUT2D eigenvalue weighted by Crippen LogP contribution is -2.74. The van der Waals surface area contributed by atoms with Crippen LogP contribution < -0.4 is 16.0 Å². The number of Topliss-reactive ketones (excluding diaryl/α,β-unsaturated/α-hetero) is 4. The van der Waals surface area contributed by atoms with Gasteiger partial charge in [0.05, 0.1) is 17.5 Å².